The third kappa shape index (κ3) is 42.1. The number of aliphatic hydroxyl groups excluding tert-OH is 1. The Hall–Kier alpha value is -1.80. The number of rotatable bonds is 41. The Labute approximate surface area is 351 Å². The number of unbranched alkanes of at least 4 members (excludes halogenated alkanes) is 20. The van der Waals surface area contributed by atoms with Crippen molar-refractivity contribution in [1.82, 2.24) is 5.32 Å². The van der Waals surface area contributed by atoms with Crippen LogP contribution in [-0.2, 0) is 18.4 Å². The van der Waals surface area contributed by atoms with Crippen LogP contribution >= 0.6 is 7.82 Å². The second-order valence-electron chi connectivity index (χ2n) is 16.8. The average molecular weight is 822 g/mol. The van der Waals surface area contributed by atoms with E-state index >= 15 is 0 Å². The van der Waals surface area contributed by atoms with Gasteiger partial charge in [-0.25, -0.2) is 4.57 Å². The number of phosphoric ester groups is 1. The fourth-order valence-corrected chi connectivity index (χ4v) is 7.05. The van der Waals surface area contributed by atoms with Crippen LogP contribution in [0.15, 0.2) is 60.8 Å². The number of hydrogen-bond donors (Lipinski definition) is 3. The zero-order valence-electron chi connectivity index (χ0n) is 37.6. The van der Waals surface area contributed by atoms with Gasteiger partial charge in [-0.1, -0.05) is 190 Å². The molecule has 0 aromatic rings. The van der Waals surface area contributed by atoms with Crippen molar-refractivity contribution in [3.05, 3.63) is 60.8 Å². The second kappa shape index (κ2) is 39.6. The van der Waals surface area contributed by atoms with Crippen molar-refractivity contribution >= 4 is 13.7 Å². The molecule has 1 amide bonds. The molecular weight excluding hydrogens is 732 g/mol. The summed E-state index contributed by atoms with van der Waals surface area (Å²) in [5, 5.41) is 13.5. The summed E-state index contributed by atoms with van der Waals surface area (Å²) in [5.74, 6) is -0.187. The standard InChI is InChI=1S/C48H89N2O6P/c1-6-8-10-12-13-14-15-16-17-18-19-20-21-22-23-24-25-26-27-28-29-30-31-32-33-34-35-36-37-38-40-42-48(52)49-46(47(51)41-39-11-9-7-2)45-56-57(53,54)55-44-43-50(3,4)5/h8,10,13-14,16-17,19-20,39,41,46-47,51H,6-7,9,11-12,15,18,21-38,40,42-45H2,1-5H3,(H-,49,52,53,54)/p+1/b10-8-,14-13-,17-16-,20-19-,41-39+. The maximum absolute atomic E-state index is 12.7. The number of likely N-dealkylation sites (N-methyl/N-ethyl adjacent to an activating group) is 1. The number of allylic oxidation sites excluding steroid dienone is 9. The number of quaternary nitrogens is 1. The minimum absolute atomic E-state index is 0.0594. The van der Waals surface area contributed by atoms with Crippen molar-refractivity contribution in [1.29, 1.82) is 0 Å². The lowest BCUT2D eigenvalue weighted by atomic mass is 10.0. The van der Waals surface area contributed by atoms with E-state index in [9.17, 15) is 19.4 Å². The molecule has 0 spiro atoms. The molecule has 0 saturated heterocycles. The van der Waals surface area contributed by atoms with Gasteiger partial charge in [-0.15, -0.1) is 0 Å². The lowest BCUT2D eigenvalue weighted by Gasteiger charge is -2.25. The number of amides is 1. The predicted octanol–water partition coefficient (Wildman–Crippen LogP) is 13.0. The third-order valence-electron chi connectivity index (χ3n) is 9.99. The first-order chi connectivity index (χ1) is 27.5. The smallest absolute Gasteiger partial charge is 0.387 e. The van der Waals surface area contributed by atoms with E-state index < -0.39 is 20.0 Å². The molecule has 8 nitrogen and oxygen atoms in total. The molecule has 0 fully saturated rings. The van der Waals surface area contributed by atoms with Crippen LogP contribution in [0, 0.1) is 0 Å². The predicted molar refractivity (Wildman–Crippen MR) is 244 cm³/mol. The van der Waals surface area contributed by atoms with Crippen LogP contribution in [0.3, 0.4) is 0 Å². The van der Waals surface area contributed by atoms with E-state index in [1.165, 1.54) is 103 Å². The topological polar surface area (TPSA) is 105 Å². The average Bonchev–Trinajstić information content (AvgIpc) is 3.16. The van der Waals surface area contributed by atoms with E-state index in [-0.39, 0.29) is 19.1 Å². The lowest BCUT2D eigenvalue weighted by molar-refractivity contribution is -0.870. The van der Waals surface area contributed by atoms with Crippen molar-refractivity contribution in [2.75, 3.05) is 40.9 Å². The van der Waals surface area contributed by atoms with Gasteiger partial charge in [-0.05, 0) is 51.4 Å². The van der Waals surface area contributed by atoms with Gasteiger partial charge in [-0.2, -0.15) is 0 Å². The first kappa shape index (κ1) is 55.2. The van der Waals surface area contributed by atoms with Crippen LogP contribution < -0.4 is 5.32 Å². The van der Waals surface area contributed by atoms with Crippen LogP contribution in [-0.4, -0.2) is 73.4 Å². The summed E-state index contributed by atoms with van der Waals surface area (Å²) < 4.78 is 23.3. The van der Waals surface area contributed by atoms with Crippen molar-refractivity contribution in [3.63, 3.8) is 0 Å². The molecule has 0 rings (SSSR count). The molecule has 0 saturated carbocycles. The second-order valence-corrected chi connectivity index (χ2v) is 18.2. The minimum Gasteiger partial charge on any atom is -0.387 e. The number of aliphatic hydroxyl groups is 1. The molecule has 0 heterocycles. The number of hydrogen-bond acceptors (Lipinski definition) is 5. The van der Waals surface area contributed by atoms with Gasteiger partial charge in [0.25, 0.3) is 0 Å². The summed E-state index contributed by atoms with van der Waals surface area (Å²) in [6.45, 7) is 4.54. The van der Waals surface area contributed by atoms with Gasteiger partial charge in [0.2, 0.25) is 5.91 Å². The molecule has 0 aliphatic rings. The quantitative estimate of drug-likeness (QED) is 0.0245. The van der Waals surface area contributed by atoms with Crippen molar-refractivity contribution in [2.45, 2.75) is 199 Å². The molecule has 0 aromatic heterocycles. The number of phosphoric acid groups is 1. The highest BCUT2D eigenvalue weighted by molar-refractivity contribution is 7.47. The Morgan fingerprint density at radius 3 is 1.53 bits per heavy atom. The van der Waals surface area contributed by atoms with E-state index in [1.807, 2.05) is 27.2 Å². The summed E-state index contributed by atoms with van der Waals surface area (Å²) in [5.41, 5.74) is 0. The van der Waals surface area contributed by atoms with Gasteiger partial charge in [0, 0.05) is 6.42 Å². The monoisotopic (exact) mass is 822 g/mol. The molecule has 57 heavy (non-hydrogen) atoms. The molecule has 3 atom stereocenters. The zero-order chi connectivity index (χ0) is 42.1. The number of carbonyl (C=O) groups is 1. The Morgan fingerprint density at radius 2 is 1.05 bits per heavy atom. The number of nitrogens with one attached hydrogen (secondary N) is 1. The molecule has 332 valence electrons. The molecule has 0 aromatic carbocycles. The zero-order valence-corrected chi connectivity index (χ0v) is 38.5. The largest absolute Gasteiger partial charge is 0.472 e. The van der Waals surface area contributed by atoms with Gasteiger partial charge in [0.05, 0.1) is 39.9 Å². The molecule has 0 aliphatic carbocycles. The normalized spacial score (nSPS) is 14.9. The van der Waals surface area contributed by atoms with Crippen molar-refractivity contribution in [2.24, 2.45) is 0 Å². The van der Waals surface area contributed by atoms with Gasteiger partial charge in [-0.3, -0.25) is 13.8 Å². The van der Waals surface area contributed by atoms with Crippen LogP contribution in [0.2, 0.25) is 0 Å². The molecular formula is C48H90N2O6P+. The van der Waals surface area contributed by atoms with Gasteiger partial charge >= 0.3 is 7.82 Å². The molecule has 0 aliphatic heterocycles. The van der Waals surface area contributed by atoms with Crippen LogP contribution in [0.1, 0.15) is 187 Å². The Bertz CT molecular complexity index is 1110. The highest BCUT2D eigenvalue weighted by Gasteiger charge is 2.27. The summed E-state index contributed by atoms with van der Waals surface area (Å²) in [6, 6.07) is -0.842. The van der Waals surface area contributed by atoms with Gasteiger partial charge in [0.1, 0.15) is 13.2 Å². The minimum atomic E-state index is -4.32. The van der Waals surface area contributed by atoms with E-state index in [4.69, 9.17) is 9.05 Å². The molecule has 0 radical (unpaired) electrons. The van der Waals surface area contributed by atoms with E-state index in [0.717, 1.165) is 64.2 Å². The van der Waals surface area contributed by atoms with Crippen LogP contribution in [0.5, 0.6) is 0 Å². The Morgan fingerprint density at radius 1 is 0.614 bits per heavy atom. The Balaban J connectivity index is 3.82. The number of nitrogens with zero attached hydrogens (tertiary/aromatic N) is 1. The summed E-state index contributed by atoms with van der Waals surface area (Å²) in [6.07, 6.45) is 52.4. The van der Waals surface area contributed by atoms with E-state index in [0.29, 0.717) is 17.4 Å². The highest BCUT2D eigenvalue weighted by atomic mass is 31.2. The summed E-state index contributed by atoms with van der Waals surface area (Å²) >= 11 is 0. The van der Waals surface area contributed by atoms with Crippen LogP contribution in [0.4, 0.5) is 0 Å². The molecule has 3 unspecified atom stereocenters. The fourth-order valence-electron chi connectivity index (χ4n) is 6.31. The van der Waals surface area contributed by atoms with Gasteiger partial charge in [0.15, 0.2) is 0 Å². The first-order valence-electron chi connectivity index (χ1n) is 23.2. The van der Waals surface area contributed by atoms with Gasteiger partial charge < -0.3 is 19.8 Å². The molecule has 9 heteroatoms. The van der Waals surface area contributed by atoms with E-state index in [2.05, 4.69) is 67.8 Å². The van der Waals surface area contributed by atoms with E-state index in [1.54, 1.807) is 6.08 Å². The lowest BCUT2D eigenvalue weighted by Crippen LogP contribution is -2.45. The third-order valence-corrected chi connectivity index (χ3v) is 11.0. The summed E-state index contributed by atoms with van der Waals surface area (Å²) in [7, 11) is 1.56. The summed E-state index contributed by atoms with van der Waals surface area (Å²) in [4.78, 5) is 22.9. The van der Waals surface area contributed by atoms with Crippen molar-refractivity contribution in [3.8, 4) is 0 Å². The maximum atomic E-state index is 12.7. The van der Waals surface area contributed by atoms with Crippen LogP contribution in [0.25, 0.3) is 0 Å². The molecule has 3 N–H and O–H groups in total. The highest BCUT2D eigenvalue weighted by Crippen LogP contribution is 2.43. The first-order valence-corrected chi connectivity index (χ1v) is 24.7. The maximum Gasteiger partial charge on any atom is 0.472 e. The SMILES string of the molecule is CC/C=C\C/C=C\C/C=C\C/C=C\CCCCCCCCCCCCCCCCCCCCC(=O)NC(COP(=O)(O)OCC[N+](C)(C)C)C(O)/C=C/CCCC. The molecule has 0 bridgehead atoms. The number of carbonyl (C=O) groups excluding carboxylic acids is 1. The fraction of sp³-hybridized carbons (Fsp3) is 0.771. The van der Waals surface area contributed by atoms with Crippen molar-refractivity contribution < 1.29 is 32.9 Å². The Kier molecular flexibility index (Phi) is 38.4.